The third-order valence-corrected chi connectivity index (χ3v) is 5.07. The van der Waals surface area contributed by atoms with E-state index in [0.717, 1.165) is 31.2 Å². The molecule has 0 unspecified atom stereocenters. The Morgan fingerprint density at radius 2 is 1.89 bits per heavy atom. The van der Waals surface area contributed by atoms with Gasteiger partial charge in [0.25, 0.3) is 11.5 Å². The van der Waals surface area contributed by atoms with Crippen LogP contribution >= 0.6 is 0 Å². The summed E-state index contributed by atoms with van der Waals surface area (Å²) in [6, 6.07) is 13.6. The van der Waals surface area contributed by atoms with Crippen molar-refractivity contribution in [1.29, 1.82) is 0 Å². The molecular weight excluding hydrogens is 340 g/mol. The summed E-state index contributed by atoms with van der Waals surface area (Å²) in [6.07, 6.45) is 6.47. The van der Waals surface area contributed by atoms with E-state index in [9.17, 15) is 9.59 Å². The fourth-order valence-corrected chi connectivity index (χ4v) is 3.64. The van der Waals surface area contributed by atoms with Gasteiger partial charge in [-0.05, 0) is 37.0 Å². The quantitative estimate of drug-likeness (QED) is 0.757. The summed E-state index contributed by atoms with van der Waals surface area (Å²) >= 11 is 0. The molecule has 1 aliphatic carbocycles. The van der Waals surface area contributed by atoms with Crippen LogP contribution < -0.4 is 10.9 Å². The highest BCUT2D eigenvalue weighted by molar-refractivity contribution is 5.93. The topological polar surface area (TPSA) is 76.9 Å². The van der Waals surface area contributed by atoms with Crippen molar-refractivity contribution in [2.45, 2.75) is 44.7 Å². The van der Waals surface area contributed by atoms with Crippen molar-refractivity contribution in [3.8, 4) is 0 Å². The van der Waals surface area contributed by atoms with Crippen molar-refractivity contribution in [3.63, 3.8) is 0 Å². The number of hydrogen-bond acceptors (Lipinski definition) is 4. The van der Waals surface area contributed by atoms with Gasteiger partial charge >= 0.3 is 0 Å². The molecule has 0 aliphatic heterocycles. The van der Waals surface area contributed by atoms with Crippen LogP contribution in [0.1, 0.15) is 41.7 Å². The maximum absolute atomic E-state index is 13.0. The highest BCUT2D eigenvalue weighted by Gasteiger charge is 2.22. The Morgan fingerprint density at radius 1 is 1.11 bits per heavy atom. The van der Waals surface area contributed by atoms with Crippen LogP contribution in [0.4, 0.5) is 0 Å². The number of carbonyl (C=O) groups excluding carboxylic acids is 1. The average molecular weight is 362 g/mol. The van der Waals surface area contributed by atoms with Crippen molar-refractivity contribution in [1.82, 2.24) is 19.9 Å². The van der Waals surface area contributed by atoms with Crippen molar-refractivity contribution < 1.29 is 4.79 Å². The summed E-state index contributed by atoms with van der Waals surface area (Å²) in [6.45, 7) is 0.447. The zero-order valence-electron chi connectivity index (χ0n) is 15.1. The number of rotatable bonds is 5. The molecule has 1 aliphatic rings. The van der Waals surface area contributed by atoms with Gasteiger partial charge in [0.05, 0.1) is 0 Å². The van der Waals surface area contributed by atoms with Gasteiger partial charge in [-0.3, -0.25) is 14.2 Å². The average Bonchev–Trinajstić information content (AvgIpc) is 3.20. The Kier molecular flexibility index (Phi) is 4.96. The van der Waals surface area contributed by atoms with Gasteiger partial charge in [-0.15, -0.1) is 0 Å². The number of aromatic nitrogens is 3. The smallest absolute Gasteiger partial charge is 0.283 e. The second kappa shape index (κ2) is 7.70. The maximum Gasteiger partial charge on any atom is 0.283 e. The summed E-state index contributed by atoms with van der Waals surface area (Å²) in [5.74, 6) is -0.383. The van der Waals surface area contributed by atoms with Gasteiger partial charge in [-0.25, -0.2) is 9.97 Å². The highest BCUT2D eigenvalue weighted by Crippen LogP contribution is 2.18. The predicted octanol–water partition coefficient (Wildman–Crippen LogP) is 2.71. The third kappa shape index (κ3) is 3.74. The lowest BCUT2D eigenvalue weighted by molar-refractivity contribution is 0.0931. The van der Waals surface area contributed by atoms with Gasteiger partial charge in [0, 0.05) is 18.8 Å². The number of carbonyl (C=O) groups is 1. The summed E-state index contributed by atoms with van der Waals surface area (Å²) in [7, 11) is 0. The first-order valence-corrected chi connectivity index (χ1v) is 9.43. The van der Waals surface area contributed by atoms with Crippen LogP contribution in [0.2, 0.25) is 0 Å². The van der Waals surface area contributed by atoms with Gasteiger partial charge in [0.1, 0.15) is 5.52 Å². The van der Waals surface area contributed by atoms with E-state index in [1.54, 1.807) is 22.9 Å². The normalized spacial score (nSPS) is 14.5. The number of aryl methyl sites for hydroxylation is 2. The van der Waals surface area contributed by atoms with E-state index in [2.05, 4.69) is 15.3 Å². The summed E-state index contributed by atoms with van der Waals surface area (Å²) in [5, 5.41) is 2.97. The van der Waals surface area contributed by atoms with Crippen LogP contribution in [0.15, 0.2) is 53.5 Å². The number of pyridine rings is 1. The standard InChI is InChI=1S/C21H22N4O2/c26-20(23-16-9-4-5-10-16)18-21(27)25(14-12-15-7-2-1-3-8-15)19-17(24-18)11-6-13-22-19/h1-3,6-8,11,13,16H,4-5,9-10,12,14H2,(H,23,26). The molecule has 138 valence electrons. The van der Waals surface area contributed by atoms with Gasteiger partial charge in [0.15, 0.2) is 11.3 Å². The van der Waals surface area contributed by atoms with Crippen molar-refractivity contribution >= 4 is 17.1 Å². The SMILES string of the molecule is O=C(NC1CCCC1)c1nc2cccnc2n(CCc2ccccc2)c1=O. The number of fused-ring (bicyclic) bond motifs is 1. The fourth-order valence-electron chi connectivity index (χ4n) is 3.64. The molecular formula is C21H22N4O2. The Morgan fingerprint density at radius 3 is 2.67 bits per heavy atom. The lowest BCUT2D eigenvalue weighted by atomic mass is 10.1. The van der Waals surface area contributed by atoms with E-state index in [0.29, 0.717) is 24.1 Å². The van der Waals surface area contributed by atoms with Crippen LogP contribution in [0.25, 0.3) is 11.2 Å². The Labute approximate surface area is 157 Å². The third-order valence-electron chi connectivity index (χ3n) is 5.07. The molecule has 1 fully saturated rings. The fraction of sp³-hybridized carbons (Fsp3) is 0.333. The molecule has 6 nitrogen and oxygen atoms in total. The monoisotopic (exact) mass is 362 g/mol. The Hall–Kier alpha value is -3.02. The minimum absolute atomic E-state index is 0.0459. The van der Waals surface area contributed by atoms with Gasteiger partial charge in [0.2, 0.25) is 0 Å². The van der Waals surface area contributed by atoms with Gasteiger partial charge < -0.3 is 5.32 Å². The molecule has 1 amide bonds. The largest absolute Gasteiger partial charge is 0.348 e. The first-order valence-electron chi connectivity index (χ1n) is 9.43. The Balaban J connectivity index is 1.69. The molecule has 27 heavy (non-hydrogen) atoms. The molecule has 1 N–H and O–H groups in total. The molecule has 2 heterocycles. The van der Waals surface area contributed by atoms with Crippen LogP contribution in [-0.2, 0) is 13.0 Å². The van der Waals surface area contributed by atoms with Crippen molar-refractivity contribution in [2.75, 3.05) is 0 Å². The Bertz CT molecular complexity index is 1010. The minimum atomic E-state index is -0.383. The van der Waals surface area contributed by atoms with Crippen LogP contribution in [0.3, 0.4) is 0 Å². The predicted molar refractivity (Wildman–Crippen MR) is 104 cm³/mol. The molecule has 0 radical (unpaired) electrons. The van der Waals surface area contributed by atoms with Crippen LogP contribution in [0.5, 0.6) is 0 Å². The van der Waals surface area contributed by atoms with E-state index in [-0.39, 0.29) is 23.2 Å². The molecule has 0 spiro atoms. The van der Waals surface area contributed by atoms with Crippen LogP contribution in [-0.4, -0.2) is 26.5 Å². The second-order valence-electron chi connectivity index (χ2n) is 6.95. The minimum Gasteiger partial charge on any atom is -0.348 e. The molecule has 4 rings (SSSR count). The number of hydrogen-bond donors (Lipinski definition) is 1. The molecule has 0 bridgehead atoms. The van der Waals surface area contributed by atoms with E-state index >= 15 is 0 Å². The zero-order valence-corrected chi connectivity index (χ0v) is 15.1. The summed E-state index contributed by atoms with van der Waals surface area (Å²) < 4.78 is 1.57. The van der Waals surface area contributed by atoms with E-state index in [1.165, 1.54) is 0 Å². The number of nitrogens with one attached hydrogen (secondary N) is 1. The number of nitrogens with zero attached hydrogens (tertiary/aromatic N) is 3. The van der Waals surface area contributed by atoms with Crippen molar-refractivity contribution in [2.24, 2.45) is 0 Å². The molecule has 1 saturated carbocycles. The molecule has 0 atom stereocenters. The lowest BCUT2D eigenvalue weighted by Gasteiger charge is -2.14. The number of amides is 1. The van der Waals surface area contributed by atoms with E-state index < -0.39 is 0 Å². The summed E-state index contributed by atoms with van der Waals surface area (Å²) in [5.41, 5.74) is 1.77. The molecule has 2 aromatic heterocycles. The van der Waals surface area contributed by atoms with E-state index in [4.69, 9.17) is 0 Å². The number of benzene rings is 1. The zero-order chi connectivity index (χ0) is 18.6. The summed E-state index contributed by atoms with van der Waals surface area (Å²) in [4.78, 5) is 34.4. The first-order chi connectivity index (χ1) is 13.2. The molecule has 3 aromatic rings. The van der Waals surface area contributed by atoms with Gasteiger partial charge in [-0.1, -0.05) is 43.2 Å². The highest BCUT2D eigenvalue weighted by atomic mass is 16.2. The van der Waals surface area contributed by atoms with Gasteiger partial charge in [-0.2, -0.15) is 0 Å². The van der Waals surface area contributed by atoms with Crippen LogP contribution in [0, 0.1) is 0 Å². The molecule has 1 aromatic carbocycles. The lowest BCUT2D eigenvalue weighted by Crippen LogP contribution is -2.39. The first kappa shape index (κ1) is 17.4. The van der Waals surface area contributed by atoms with Crippen molar-refractivity contribution in [3.05, 3.63) is 70.3 Å². The molecule has 6 heteroatoms. The van der Waals surface area contributed by atoms with E-state index in [1.807, 2.05) is 30.3 Å². The molecule has 0 saturated heterocycles. The maximum atomic E-state index is 13.0. The second-order valence-corrected chi connectivity index (χ2v) is 6.95.